The first kappa shape index (κ1) is 13.1. The minimum absolute atomic E-state index is 0.0662. The fraction of sp³-hybridized carbons (Fsp3) is 0.462. The molecule has 0 N–H and O–H groups in total. The van der Waals surface area contributed by atoms with Crippen LogP contribution in [0.25, 0.3) is 0 Å². The summed E-state index contributed by atoms with van der Waals surface area (Å²) in [6, 6.07) is 7.95. The third kappa shape index (κ3) is 3.32. The Hall–Kier alpha value is -1.36. The first-order valence-electron chi connectivity index (χ1n) is 5.97. The number of hydrogen-bond donors (Lipinski definition) is 0. The maximum Gasteiger partial charge on any atom is 0.152 e. The lowest BCUT2D eigenvalue weighted by Gasteiger charge is -2.11. The summed E-state index contributed by atoms with van der Waals surface area (Å²) in [5.74, 6) is 0.466. The molecule has 18 heavy (non-hydrogen) atoms. The highest BCUT2D eigenvalue weighted by Crippen LogP contribution is 2.15. The third-order valence-electron chi connectivity index (χ3n) is 3.05. The Kier molecular flexibility index (Phi) is 3.71. The molecule has 1 atom stereocenters. The zero-order chi connectivity index (χ0) is 13.2. The van der Waals surface area contributed by atoms with Gasteiger partial charge in [0.25, 0.3) is 0 Å². The van der Waals surface area contributed by atoms with E-state index in [9.17, 15) is 8.42 Å². The van der Waals surface area contributed by atoms with E-state index >= 15 is 0 Å². The number of rotatable bonds is 3. The summed E-state index contributed by atoms with van der Waals surface area (Å²) >= 11 is 0. The second kappa shape index (κ2) is 5.10. The Bertz CT molecular complexity index is 533. The zero-order valence-electron chi connectivity index (χ0n) is 10.7. The van der Waals surface area contributed by atoms with Crippen molar-refractivity contribution in [2.45, 2.75) is 12.5 Å². The predicted octanol–water partition coefficient (Wildman–Crippen LogP) is 1.36. The van der Waals surface area contributed by atoms with Crippen LogP contribution in [0.2, 0.25) is 0 Å². The van der Waals surface area contributed by atoms with Gasteiger partial charge in [0, 0.05) is 26.0 Å². The maximum absolute atomic E-state index is 11.3. The Labute approximate surface area is 108 Å². The van der Waals surface area contributed by atoms with Gasteiger partial charge in [-0.25, -0.2) is 8.42 Å². The van der Waals surface area contributed by atoms with E-state index in [-0.39, 0.29) is 17.5 Å². The highest BCUT2D eigenvalue weighted by atomic mass is 32.2. The van der Waals surface area contributed by atoms with Gasteiger partial charge in [-0.2, -0.15) is 0 Å². The summed E-state index contributed by atoms with van der Waals surface area (Å²) < 4.78 is 22.6. The molecule has 0 aromatic heterocycles. The van der Waals surface area contributed by atoms with E-state index in [1.807, 2.05) is 43.3 Å². The van der Waals surface area contributed by atoms with Crippen molar-refractivity contribution >= 4 is 21.7 Å². The molecule has 1 aliphatic heterocycles. The number of benzene rings is 1. The molecule has 98 valence electrons. The van der Waals surface area contributed by atoms with E-state index < -0.39 is 9.84 Å². The lowest BCUT2D eigenvalue weighted by atomic mass is 10.2. The molecule has 4 nitrogen and oxygen atoms in total. The molecule has 1 aromatic carbocycles. The smallest absolute Gasteiger partial charge is 0.152 e. The monoisotopic (exact) mass is 266 g/mol. The molecule has 1 fully saturated rings. The zero-order valence-corrected chi connectivity index (χ0v) is 11.5. The van der Waals surface area contributed by atoms with Gasteiger partial charge in [0.05, 0.1) is 17.5 Å². The van der Waals surface area contributed by atoms with Crippen LogP contribution in [0.1, 0.15) is 12.0 Å². The maximum atomic E-state index is 11.3. The molecule has 1 heterocycles. The predicted molar refractivity (Wildman–Crippen MR) is 75.4 cm³/mol. The SMILES string of the molecule is CN(C)c1ccc(C=N[C@@H]2CCS(=O)(=O)C2)cc1. The molecule has 0 saturated carbocycles. The average Bonchev–Trinajstić information content (AvgIpc) is 2.67. The van der Waals surface area contributed by atoms with Crippen LogP contribution in [-0.4, -0.2) is 46.3 Å². The van der Waals surface area contributed by atoms with E-state index in [0.717, 1.165) is 11.3 Å². The Morgan fingerprint density at radius 2 is 1.94 bits per heavy atom. The Morgan fingerprint density at radius 1 is 1.28 bits per heavy atom. The average molecular weight is 266 g/mol. The van der Waals surface area contributed by atoms with Crippen molar-refractivity contribution in [2.75, 3.05) is 30.5 Å². The molecular weight excluding hydrogens is 248 g/mol. The lowest BCUT2D eigenvalue weighted by molar-refractivity contribution is 0.601. The molecule has 1 aliphatic rings. The molecule has 0 bridgehead atoms. The second-order valence-corrected chi connectivity index (χ2v) is 7.05. The van der Waals surface area contributed by atoms with Crippen molar-refractivity contribution < 1.29 is 8.42 Å². The molecule has 5 heteroatoms. The molecule has 0 spiro atoms. The lowest BCUT2D eigenvalue weighted by Crippen LogP contribution is -2.08. The Balaban J connectivity index is 2.01. The summed E-state index contributed by atoms with van der Waals surface area (Å²) in [5, 5.41) is 0. The largest absolute Gasteiger partial charge is 0.378 e. The molecule has 0 unspecified atom stereocenters. The van der Waals surface area contributed by atoms with Gasteiger partial charge in [0.15, 0.2) is 9.84 Å². The van der Waals surface area contributed by atoms with Crippen LogP contribution in [-0.2, 0) is 9.84 Å². The van der Waals surface area contributed by atoms with Gasteiger partial charge in [0.2, 0.25) is 0 Å². The van der Waals surface area contributed by atoms with Gasteiger partial charge in [-0.3, -0.25) is 4.99 Å². The van der Waals surface area contributed by atoms with Crippen LogP contribution in [0.15, 0.2) is 29.3 Å². The van der Waals surface area contributed by atoms with Crippen LogP contribution in [0, 0.1) is 0 Å². The first-order valence-corrected chi connectivity index (χ1v) is 7.79. The van der Waals surface area contributed by atoms with Crippen molar-refractivity contribution in [1.82, 2.24) is 0 Å². The standard InChI is InChI=1S/C13H18N2O2S/c1-15(2)13-5-3-11(4-6-13)9-14-12-7-8-18(16,17)10-12/h3-6,9,12H,7-8,10H2,1-2H3/t12-/m1/s1. The van der Waals surface area contributed by atoms with Crippen molar-refractivity contribution in [2.24, 2.45) is 4.99 Å². The minimum Gasteiger partial charge on any atom is -0.378 e. The van der Waals surface area contributed by atoms with E-state index in [2.05, 4.69) is 4.99 Å². The van der Waals surface area contributed by atoms with Gasteiger partial charge in [-0.15, -0.1) is 0 Å². The van der Waals surface area contributed by atoms with Gasteiger partial charge < -0.3 is 4.90 Å². The molecule has 0 amide bonds. The Morgan fingerprint density at radius 3 is 2.44 bits per heavy atom. The van der Waals surface area contributed by atoms with E-state index in [1.54, 1.807) is 6.21 Å². The molecule has 1 saturated heterocycles. The summed E-state index contributed by atoms with van der Waals surface area (Å²) in [7, 11) is 1.15. The number of sulfone groups is 1. The minimum atomic E-state index is -2.84. The summed E-state index contributed by atoms with van der Waals surface area (Å²) in [6.45, 7) is 0. The summed E-state index contributed by atoms with van der Waals surface area (Å²) in [4.78, 5) is 6.38. The van der Waals surface area contributed by atoms with Crippen LogP contribution in [0.3, 0.4) is 0 Å². The number of aliphatic imine (C=N–C) groups is 1. The van der Waals surface area contributed by atoms with E-state index in [0.29, 0.717) is 6.42 Å². The van der Waals surface area contributed by atoms with Gasteiger partial charge in [0.1, 0.15) is 0 Å². The summed E-state index contributed by atoms with van der Waals surface area (Å²) in [6.07, 6.45) is 2.42. The number of anilines is 1. The molecule has 2 rings (SSSR count). The summed E-state index contributed by atoms with van der Waals surface area (Å²) in [5.41, 5.74) is 2.14. The molecule has 0 aliphatic carbocycles. The third-order valence-corrected chi connectivity index (χ3v) is 4.80. The van der Waals surface area contributed by atoms with Crippen LogP contribution in [0.5, 0.6) is 0 Å². The fourth-order valence-electron chi connectivity index (χ4n) is 1.94. The van der Waals surface area contributed by atoms with Crippen LogP contribution < -0.4 is 4.90 Å². The van der Waals surface area contributed by atoms with Gasteiger partial charge in [-0.1, -0.05) is 12.1 Å². The van der Waals surface area contributed by atoms with E-state index in [4.69, 9.17) is 0 Å². The number of hydrogen-bond acceptors (Lipinski definition) is 4. The van der Waals surface area contributed by atoms with Gasteiger partial charge >= 0.3 is 0 Å². The molecule has 0 radical (unpaired) electrons. The first-order chi connectivity index (χ1) is 8.46. The van der Waals surface area contributed by atoms with Gasteiger partial charge in [-0.05, 0) is 24.1 Å². The van der Waals surface area contributed by atoms with Crippen molar-refractivity contribution in [3.8, 4) is 0 Å². The van der Waals surface area contributed by atoms with E-state index in [1.165, 1.54) is 0 Å². The molecule has 1 aromatic rings. The van der Waals surface area contributed by atoms with Crippen molar-refractivity contribution in [1.29, 1.82) is 0 Å². The fourth-order valence-corrected chi connectivity index (χ4v) is 3.58. The highest BCUT2D eigenvalue weighted by Gasteiger charge is 2.26. The second-order valence-electron chi connectivity index (χ2n) is 4.82. The van der Waals surface area contributed by atoms with Crippen LogP contribution in [0.4, 0.5) is 5.69 Å². The number of nitrogens with zero attached hydrogens (tertiary/aromatic N) is 2. The quantitative estimate of drug-likeness (QED) is 0.776. The van der Waals surface area contributed by atoms with Crippen LogP contribution >= 0.6 is 0 Å². The van der Waals surface area contributed by atoms with Crippen molar-refractivity contribution in [3.63, 3.8) is 0 Å². The topological polar surface area (TPSA) is 49.7 Å². The highest BCUT2D eigenvalue weighted by molar-refractivity contribution is 7.91. The normalized spacial score (nSPS) is 22.4. The molecular formula is C13H18N2O2S. The van der Waals surface area contributed by atoms with Crippen molar-refractivity contribution in [3.05, 3.63) is 29.8 Å².